The van der Waals surface area contributed by atoms with Crippen LogP contribution in [0.4, 0.5) is 14.5 Å². The highest BCUT2D eigenvalue weighted by molar-refractivity contribution is 7.99. The van der Waals surface area contributed by atoms with Gasteiger partial charge in [0.2, 0.25) is 5.91 Å². The fourth-order valence-electron chi connectivity index (χ4n) is 1.82. The fraction of sp³-hybridized carbons (Fsp3) is 0.267. The van der Waals surface area contributed by atoms with Crippen LogP contribution in [0.3, 0.4) is 0 Å². The molecule has 0 aliphatic rings. The SMILES string of the molecule is O=C(CCCc1cccs1)Nc1ccc(SC(F)F)cc1. The maximum absolute atomic E-state index is 12.2. The predicted molar refractivity (Wildman–Crippen MR) is 84.2 cm³/mol. The number of aryl methyl sites for hydroxylation is 1. The van der Waals surface area contributed by atoms with E-state index in [1.807, 2.05) is 11.4 Å². The highest BCUT2D eigenvalue weighted by Crippen LogP contribution is 2.26. The van der Waals surface area contributed by atoms with Crippen LogP contribution in [0, 0.1) is 0 Å². The van der Waals surface area contributed by atoms with Crippen LogP contribution in [0.5, 0.6) is 0 Å². The molecular formula is C15H15F2NOS2. The van der Waals surface area contributed by atoms with E-state index in [4.69, 9.17) is 0 Å². The van der Waals surface area contributed by atoms with Gasteiger partial charge in [0.05, 0.1) is 0 Å². The second-order valence-corrected chi connectivity index (χ2v) is 6.48. The van der Waals surface area contributed by atoms with Crippen molar-refractivity contribution in [3.8, 4) is 0 Å². The normalized spacial score (nSPS) is 10.8. The highest BCUT2D eigenvalue weighted by Gasteiger charge is 2.06. The van der Waals surface area contributed by atoms with Gasteiger partial charge in [-0.15, -0.1) is 11.3 Å². The molecule has 1 N–H and O–H groups in total. The number of carbonyl (C=O) groups is 1. The summed E-state index contributed by atoms with van der Waals surface area (Å²) in [5.74, 6) is -2.48. The number of carbonyl (C=O) groups excluding carboxylic acids is 1. The first kappa shape index (κ1) is 16.0. The van der Waals surface area contributed by atoms with Gasteiger partial charge in [-0.3, -0.25) is 4.79 Å². The van der Waals surface area contributed by atoms with E-state index < -0.39 is 5.76 Å². The first-order valence-electron chi connectivity index (χ1n) is 6.50. The molecule has 0 radical (unpaired) electrons. The molecule has 0 bridgehead atoms. The molecule has 2 aromatic rings. The number of hydrogen-bond acceptors (Lipinski definition) is 3. The molecule has 0 saturated heterocycles. The van der Waals surface area contributed by atoms with Gasteiger partial charge in [-0.2, -0.15) is 8.78 Å². The van der Waals surface area contributed by atoms with E-state index in [2.05, 4.69) is 11.4 Å². The van der Waals surface area contributed by atoms with E-state index >= 15 is 0 Å². The molecule has 21 heavy (non-hydrogen) atoms. The first-order valence-corrected chi connectivity index (χ1v) is 8.26. The van der Waals surface area contributed by atoms with E-state index in [0.717, 1.165) is 12.8 Å². The standard InChI is InChI=1S/C15H15F2NOS2/c16-15(17)21-13-8-6-11(7-9-13)18-14(19)5-1-3-12-4-2-10-20-12/h2,4,6-10,15H,1,3,5H2,(H,18,19). The Kier molecular flexibility index (Phi) is 6.20. The van der Waals surface area contributed by atoms with Crippen LogP contribution in [-0.4, -0.2) is 11.7 Å². The van der Waals surface area contributed by atoms with Crippen molar-refractivity contribution in [3.05, 3.63) is 46.7 Å². The van der Waals surface area contributed by atoms with E-state index in [9.17, 15) is 13.6 Å². The molecule has 0 spiro atoms. The second-order valence-electron chi connectivity index (χ2n) is 4.38. The number of alkyl halides is 2. The summed E-state index contributed by atoms with van der Waals surface area (Å²) in [4.78, 5) is 13.5. The zero-order valence-corrected chi connectivity index (χ0v) is 12.9. The van der Waals surface area contributed by atoms with Crippen molar-refractivity contribution in [2.24, 2.45) is 0 Å². The van der Waals surface area contributed by atoms with E-state index in [-0.39, 0.29) is 5.91 Å². The van der Waals surface area contributed by atoms with Gasteiger partial charge in [0, 0.05) is 21.9 Å². The Morgan fingerprint density at radius 1 is 1.24 bits per heavy atom. The lowest BCUT2D eigenvalue weighted by atomic mass is 10.2. The van der Waals surface area contributed by atoms with Crippen molar-refractivity contribution in [2.75, 3.05) is 5.32 Å². The monoisotopic (exact) mass is 327 g/mol. The van der Waals surface area contributed by atoms with Crippen molar-refractivity contribution < 1.29 is 13.6 Å². The zero-order chi connectivity index (χ0) is 15.1. The number of thiophene rings is 1. The largest absolute Gasteiger partial charge is 0.326 e. The number of benzene rings is 1. The number of amides is 1. The summed E-state index contributed by atoms with van der Waals surface area (Å²) in [5.41, 5.74) is 0.634. The Balaban J connectivity index is 1.74. The average molecular weight is 327 g/mol. The summed E-state index contributed by atoms with van der Waals surface area (Å²) in [6, 6.07) is 10.5. The Bertz CT molecular complexity index is 556. The molecule has 0 atom stereocenters. The van der Waals surface area contributed by atoms with Crippen LogP contribution in [0.25, 0.3) is 0 Å². The predicted octanol–water partition coefficient (Wildman–Crippen LogP) is 5.02. The third-order valence-corrected chi connectivity index (χ3v) is 4.43. The molecule has 0 saturated carbocycles. The number of hydrogen-bond donors (Lipinski definition) is 1. The zero-order valence-electron chi connectivity index (χ0n) is 11.2. The Hall–Kier alpha value is -1.40. The minimum absolute atomic E-state index is 0.0548. The van der Waals surface area contributed by atoms with Gasteiger partial charge in [0.1, 0.15) is 0 Å². The van der Waals surface area contributed by atoms with E-state index in [0.29, 0.717) is 28.8 Å². The summed E-state index contributed by atoms with van der Waals surface area (Å²) < 4.78 is 24.4. The molecule has 2 rings (SSSR count). The molecular weight excluding hydrogens is 312 g/mol. The highest BCUT2D eigenvalue weighted by atomic mass is 32.2. The molecule has 2 nitrogen and oxygen atoms in total. The number of rotatable bonds is 7. The van der Waals surface area contributed by atoms with Crippen molar-refractivity contribution in [3.63, 3.8) is 0 Å². The van der Waals surface area contributed by atoms with Crippen LogP contribution in [0.2, 0.25) is 0 Å². The lowest BCUT2D eigenvalue weighted by Crippen LogP contribution is -2.11. The lowest BCUT2D eigenvalue weighted by Gasteiger charge is -2.06. The van der Waals surface area contributed by atoms with Gasteiger partial charge in [0.15, 0.2) is 0 Å². The van der Waals surface area contributed by atoms with Crippen LogP contribution < -0.4 is 5.32 Å². The second kappa shape index (κ2) is 8.14. The Labute approximate surface area is 130 Å². The first-order chi connectivity index (χ1) is 10.1. The van der Waals surface area contributed by atoms with Gasteiger partial charge < -0.3 is 5.32 Å². The molecule has 6 heteroatoms. The molecule has 1 heterocycles. The quantitative estimate of drug-likeness (QED) is 0.723. The molecule has 1 aromatic heterocycles. The van der Waals surface area contributed by atoms with Gasteiger partial charge in [-0.1, -0.05) is 17.8 Å². The van der Waals surface area contributed by atoms with Crippen LogP contribution in [0.15, 0.2) is 46.7 Å². The van der Waals surface area contributed by atoms with Gasteiger partial charge in [-0.05, 0) is 48.6 Å². The summed E-state index contributed by atoms with van der Waals surface area (Å²) in [6.07, 6.45) is 2.14. The van der Waals surface area contributed by atoms with Crippen molar-refractivity contribution in [2.45, 2.75) is 29.9 Å². The number of halogens is 2. The smallest absolute Gasteiger partial charge is 0.288 e. The molecule has 0 fully saturated rings. The van der Waals surface area contributed by atoms with E-state index in [1.54, 1.807) is 35.6 Å². The number of thioether (sulfide) groups is 1. The Morgan fingerprint density at radius 2 is 2.00 bits per heavy atom. The molecule has 0 unspecified atom stereocenters. The molecule has 1 aromatic carbocycles. The number of nitrogens with one attached hydrogen (secondary N) is 1. The van der Waals surface area contributed by atoms with E-state index in [1.165, 1.54) is 4.88 Å². The number of anilines is 1. The van der Waals surface area contributed by atoms with Crippen LogP contribution in [-0.2, 0) is 11.2 Å². The molecule has 112 valence electrons. The van der Waals surface area contributed by atoms with Gasteiger partial charge in [-0.25, -0.2) is 0 Å². The topological polar surface area (TPSA) is 29.1 Å². The molecule has 1 amide bonds. The van der Waals surface area contributed by atoms with Gasteiger partial charge in [0.25, 0.3) is 5.76 Å². The minimum atomic E-state index is -2.43. The minimum Gasteiger partial charge on any atom is -0.326 e. The summed E-state index contributed by atoms with van der Waals surface area (Å²) in [7, 11) is 0. The molecule has 0 aliphatic heterocycles. The summed E-state index contributed by atoms with van der Waals surface area (Å²) >= 11 is 2.18. The lowest BCUT2D eigenvalue weighted by molar-refractivity contribution is -0.116. The van der Waals surface area contributed by atoms with Crippen molar-refractivity contribution in [1.29, 1.82) is 0 Å². The third-order valence-electron chi connectivity index (χ3n) is 2.77. The maximum atomic E-state index is 12.2. The summed E-state index contributed by atoms with van der Waals surface area (Å²) in [5, 5.41) is 4.79. The average Bonchev–Trinajstić information content (AvgIpc) is 2.93. The Morgan fingerprint density at radius 3 is 2.62 bits per heavy atom. The van der Waals surface area contributed by atoms with Crippen molar-refractivity contribution >= 4 is 34.7 Å². The van der Waals surface area contributed by atoms with Crippen LogP contribution >= 0.6 is 23.1 Å². The fourth-order valence-corrected chi connectivity index (χ4v) is 3.07. The summed E-state index contributed by atoms with van der Waals surface area (Å²) in [6.45, 7) is 0. The van der Waals surface area contributed by atoms with Gasteiger partial charge >= 0.3 is 0 Å². The van der Waals surface area contributed by atoms with Crippen molar-refractivity contribution in [1.82, 2.24) is 0 Å². The van der Waals surface area contributed by atoms with Crippen LogP contribution in [0.1, 0.15) is 17.7 Å². The third kappa shape index (κ3) is 5.85. The molecule has 0 aliphatic carbocycles. The maximum Gasteiger partial charge on any atom is 0.288 e.